The summed E-state index contributed by atoms with van der Waals surface area (Å²) in [6.07, 6.45) is -1.10. The molecule has 2 atom stereocenters. The number of rotatable bonds is 2. The minimum Gasteiger partial charge on any atom is -0.464 e. The second-order valence-electron chi connectivity index (χ2n) is 4.46. The number of methoxy groups -OCH3 is 1. The number of esters is 1. The summed E-state index contributed by atoms with van der Waals surface area (Å²) >= 11 is 3.28. The summed E-state index contributed by atoms with van der Waals surface area (Å²) in [4.78, 5) is 42.2. The highest BCUT2D eigenvalue weighted by Gasteiger charge is 2.57. The van der Waals surface area contributed by atoms with E-state index < -0.39 is 29.8 Å². The highest BCUT2D eigenvalue weighted by Crippen LogP contribution is 2.33. The molecule has 0 bridgehead atoms. The van der Waals surface area contributed by atoms with Crippen LogP contribution in [0.2, 0.25) is 0 Å². The molecule has 1 saturated heterocycles. The van der Waals surface area contributed by atoms with Gasteiger partial charge in [0.05, 0.1) is 12.8 Å². The number of anilines is 1. The van der Waals surface area contributed by atoms with Gasteiger partial charge in [-0.25, -0.2) is 9.69 Å². The van der Waals surface area contributed by atoms with Crippen LogP contribution in [-0.2, 0) is 24.0 Å². The zero-order chi connectivity index (χ0) is 15.1. The molecular weight excluding hydrogens is 344 g/mol. The van der Waals surface area contributed by atoms with Crippen molar-refractivity contribution in [3.05, 3.63) is 28.7 Å². The summed E-state index contributed by atoms with van der Waals surface area (Å²) in [5.74, 6) is -2.92. The Morgan fingerprint density at radius 3 is 2.57 bits per heavy atom. The molecule has 2 heterocycles. The number of nitrogens with zero attached hydrogens (tertiary/aromatic N) is 2. The van der Waals surface area contributed by atoms with E-state index in [2.05, 4.69) is 25.8 Å². The average molecular weight is 353 g/mol. The van der Waals surface area contributed by atoms with Gasteiger partial charge in [-0.05, 0) is 24.3 Å². The van der Waals surface area contributed by atoms with E-state index in [9.17, 15) is 14.4 Å². The van der Waals surface area contributed by atoms with Gasteiger partial charge in [0.1, 0.15) is 5.92 Å². The van der Waals surface area contributed by atoms with Gasteiger partial charge >= 0.3 is 5.97 Å². The third kappa shape index (κ3) is 2.02. The number of ether oxygens (including phenoxy) is 1. The SMILES string of the molecule is COC(=O)C1=NO[C@@H]2C(=O)N(c3ccc(Br)cc3)C(=O)[C@@H]12. The summed E-state index contributed by atoms with van der Waals surface area (Å²) in [6, 6.07) is 6.66. The Balaban J connectivity index is 1.95. The maximum atomic E-state index is 12.4. The minimum absolute atomic E-state index is 0.180. The number of halogens is 1. The van der Waals surface area contributed by atoms with Crippen LogP contribution < -0.4 is 4.90 Å². The van der Waals surface area contributed by atoms with Gasteiger partial charge in [-0.3, -0.25) is 9.59 Å². The molecule has 0 radical (unpaired) electrons. The predicted octanol–water partition coefficient (Wildman–Crippen LogP) is 0.866. The first-order chi connectivity index (χ1) is 10.0. The molecule has 7 nitrogen and oxygen atoms in total. The fourth-order valence-electron chi connectivity index (χ4n) is 2.30. The molecule has 2 aliphatic heterocycles. The lowest BCUT2D eigenvalue weighted by atomic mass is 10.00. The van der Waals surface area contributed by atoms with E-state index in [-0.39, 0.29) is 5.71 Å². The van der Waals surface area contributed by atoms with Gasteiger partial charge < -0.3 is 9.57 Å². The first-order valence-corrected chi connectivity index (χ1v) is 6.79. The van der Waals surface area contributed by atoms with Crippen LogP contribution in [0.25, 0.3) is 0 Å². The van der Waals surface area contributed by atoms with Gasteiger partial charge in [0, 0.05) is 4.47 Å². The molecule has 21 heavy (non-hydrogen) atoms. The van der Waals surface area contributed by atoms with Gasteiger partial charge in [-0.15, -0.1) is 0 Å². The molecule has 1 aromatic rings. The van der Waals surface area contributed by atoms with Gasteiger partial charge in [0.2, 0.25) is 12.0 Å². The van der Waals surface area contributed by atoms with Gasteiger partial charge in [-0.2, -0.15) is 0 Å². The van der Waals surface area contributed by atoms with Gasteiger partial charge in [0.25, 0.3) is 5.91 Å². The lowest BCUT2D eigenvalue weighted by Crippen LogP contribution is -2.34. The Bertz CT molecular complexity index is 670. The van der Waals surface area contributed by atoms with Crippen LogP contribution in [0.3, 0.4) is 0 Å². The molecule has 0 aromatic heterocycles. The Kier molecular flexibility index (Phi) is 3.25. The fourth-order valence-corrected chi connectivity index (χ4v) is 2.56. The number of fused-ring (bicyclic) bond motifs is 1. The van der Waals surface area contributed by atoms with Crippen LogP contribution >= 0.6 is 15.9 Å². The van der Waals surface area contributed by atoms with E-state index in [1.54, 1.807) is 24.3 Å². The number of benzene rings is 1. The lowest BCUT2D eigenvalue weighted by molar-refractivity contribution is -0.133. The Labute approximate surface area is 127 Å². The first kappa shape index (κ1) is 13.7. The molecule has 1 aromatic carbocycles. The Hall–Kier alpha value is -2.22. The Morgan fingerprint density at radius 1 is 1.29 bits per heavy atom. The van der Waals surface area contributed by atoms with E-state index in [1.807, 2.05) is 0 Å². The summed E-state index contributed by atoms with van der Waals surface area (Å²) in [5, 5.41) is 3.50. The zero-order valence-electron chi connectivity index (χ0n) is 10.8. The second kappa shape index (κ2) is 4.96. The van der Waals surface area contributed by atoms with Crippen molar-refractivity contribution < 1.29 is 24.0 Å². The van der Waals surface area contributed by atoms with Crippen molar-refractivity contribution in [2.75, 3.05) is 12.0 Å². The fraction of sp³-hybridized carbons (Fsp3) is 0.231. The number of hydrogen-bond donors (Lipinski definition) is 0. The molecule has 0 spiro atoms. The molecule has 8 heteroatoms. The summed E-state index contributed by atoms with van der Waals surface area (Å²) in [7, 11) is 1.17. The van der Waals surface area contributed by atoms with Crippen LogP contribution in [0, 0.1) is 5.92 Å². The summed E-state index contributed by atoms with van der Waals surface area (Å²) in [6.45, 7) is 0. The van der Waals surface area contributed by atoms with Crippen molar-refractivity contribution in [2.45, 2.75) is 6.10 Å². The Morgan fingerprint density at radius 2 is 1.95 bits per heavy atom. The van der Waals surface area contributed by atoms with Crippen LogP contribution in [0.15, 0.2) is 33.9 Å². The molecule has 0 N–H and O–H groups in total. The van der Waals surface area contributed by atoms with Crippen molar-refractivity contribution in [3.63, 3.8) is 0 Å². The largest absolute Gasteiger partial charge is 0.464 e. The van der Waals surface area contributed by atoms with E-state index >= 15 is 0 Å². The average Bonchev–Trinajstić information content (AvgIpc) is 3.01. The number of oxime groups is 1. The second-order valence-corrected chi connectivity index (χ2v) is 5.38. The van der Waals surface area contributed by atoms with Crippen molar-refractivity contribution in [3.8, 4) is 0 Å². The van der Waals surface area contributed by atoms with Gasteiger partial charge in [-0.1, -0.05) is 21.1 Å². The maximum Gasteiger partial charge on any atom is 0.356 e. The van der Waals surface area contributed by atoms with Crippen molar-refractivity contribution in [1.29, 1.82) is 0 Å². The quantitative estimate of drug-likeness (QED) is 0.582. The third-order valence-electron chi connectivity index (χ3n) is 3.29. The number of amides is 2. The molecule has 2 amide bonds. The number of carbonyl (C=O) groups is 3. The monoisotopic (exact) mass is 352 g/mol. The van der Waals surface area contributed by atoms with Crippen LogP contribution in [0.5, 0.6) is 0 Å². The van der Waals surface area contributed by atoms with Crippen LogP contribution in [0.1, 0.15) is 0 Å². The molecule has 1 fully saturated rings. The normalized spacial score (nSPS) is 23.7. The molecule has 108 valence electrons. The van der Waals surface area contributed by atoms with E-state index in [1.165, 1.54) is 7.11 Å². The minimum atomic E-state index is -1.10. The third-order valence-corrected chi connectivity index (χ3v) is 3.82. The molecule has 2 aliphatic rings. The van der Waals surface area contributed by atoms with Crippen LogP contribution in [-0.4, -0.2) is 36.7 Å². The zero-order valence-corrected chi connectivity index (χ0v) is 12.4. The van der Waals surface area contributed by atoms with Crippen LogP contribution in [0.4, 0.5) is 5.69 Å². The lowest BCUT2D eigenvalue weighted by Gasteiger charge is -2.15. The molecular formula is C13H9BrN2O5. The van der Waals surface area contributed by atoms with E-state index in [0.717, 1.165) is 9.37 Å². The van der Waals surface area contributed by atoms with Gasteiger partial charge in [0.15, 0.2) is 5.71 Å². The van der Waals surface area contributed by atoms with Crippen molar-refractivity contribution in [2.24, 2.45) is 11.1 Å². The molecule has 0 unspecified atom stereocenters. The summed E-state index contributed by atoms with van der Waals surface area (Å²) < 4.78 is 5.36. The van der Waals surface area contributed by atoms with E-state index in [0.29, 0.717) is 5.69 Å². The number of carbonyl (C=O) groups excluding carboxylic acids is 3. The topological polar surface area (TPSA) is 85.3 Å². The smallest absolute Gasteiger partial charge is 0.356 e. The van der Waals surface area contributed by atoms with Crippen molar-refractivity contribution in [1.82, 2.24) is 0 Å². The highest BCUT2D eigenvalue weighted by molar-refractivity contribution is 9.10. The summed E-state index contributed by atoms with van der Waals surface area (Å²) in [5.41, 5.74) is 0.232. The number of imide groups is 1. The molecule has 3 rings (SSSR count). The molecule has 0 aliphatic carbocycles. The standard InChI is InChI=1S/C13H9BrN2O5/c1-20-13(19)9-8-10(21-15-9)12(18)16(11(8)17)7-4-2-6(14)3-5-7/h2-5,8,10H,1H3/t8-,10-/m0/s1. The maximum absolute atomic E-state index is 12.4. The highest BCUT2D eigenvalue weighted by atomic mass is 79.9. The first-order valence-electron chi connectivity index (χ1n) is 6.00. The molecule has 0 saturated carbocycles. The number of hydrogen-bond acceptors (Lipinski definition) is 6. The van der Waals surface area contributed by atoms with E-state index in [4.69, 9.17) is 4.84 Å². The van der Waals surface area contributed by atoms with Crippen molar-refractivity contribution >= 4 is 45.1 Å². The predicted molar refractivity (Wildman–Crippen MR) is 74.4 cm³/mol.